The van der Waals surface area contributed by atoms with Crippen LogP contribution < -0.4 is 0 Å². The minimum Gasteiger partial charge on any atom is -0.308 e. The molecule has 0 aromatic rings. The zero-order chi connectivity index (χ0) is 10.8. The second kappa shape index (κ2) is 9.71. The average molecular weight is 230 g/mol. The van der Waals surface area contributed by atoms with Crippen LogP contribution in [0.2, 0.25) is 0 Å². The van der Waals surface area contributed by atoms with Gasteiger partial charge in [0.25, 0.3) is 0 Å². The van der Waals surface area contributed by atoms with Crippen LogP contribution >= 0.6 is 8.60 Å². The zero-order valence-corrected chi connectivity index (χ0v) is 9.44. The van der Waals surface area contributed by atoms with Gasteiger partial charge >= 0.3 is 8.60 Å². The van der Waals surface area contributed by atoms with Gasteiger partial charge in [-0.2, -0.15) is 0 Å². The van der Waals surface area contributed by atoms with E-state index in [1.165, 1.54) is 0 Å². The number of hydrogen-bond acceptors (Lipinski definition) is 3. The number of rotatable bonds is 9. The maximum absolute atomic E-state index is 11.5. The molecular formula is C8H17F2O3P. The van der Waals surface area contributed by atoms with Crippen molar-refractivity contribution in [1.82, 2.24) is 0 Å². The van der Waals surface area contributed by atoms with E-state index in [9.17, 15) is 9.05 Å². The predicted octanol–water partition coefficient (Wildman–Crippen LogP) is 4.25. The van der Waals surface area contributed by atoms with Crippen molar-refractivity contribution in [2.45, 2.75) is 39.5 Å². The number of hydrogen-bond donors (Lipinski definition) is 0. The van der Waals surface area contributed by atoms with E-state index in [0.717, 1.165) is 25.7 Å². The first-order chi connectivity index (χ1) is 6.78. The second-order valence-corrected chi connectivity index (χ2v) is 4.06. The van der Waals surface area contributed by atoms with Gasteiger partial charge in [-0.15, -0.1) is 9.46 Å². The van der Waals surface area contributed by atoms with Gasteiger partial charge in [0.2, 0.25) is 0 Å². The summed E-state index contributed by atoms with van der Waals surface area (Å²) in [5.41, 5.74) is 0. The maximum Gasteiger partial charge on any atom is 0.403 e. The van der Waals surface area contributed by atoms with Gasteiger partial charge in [0.05, 0.1) is 6.61 Å². The standard InChI is InChI=1S/C8H17F2O3P/c1-3-5-6-8(4-2)7-11-14(12-9)13-10/h8H,3-7H2,1-2H3. The SMILES string of the molecule is CCCCC(CC)COP(OF)OF. The van der Waals surface area contributed by atoms with E-state index in [1.54, 1.807) is 0 Å². The fraction of sp³-hybridized carbons (Fsp3) is 1.00. The summed E-state index contributed by atoms with van der Waals surface area (Å²) in [5, 5.41) is 0. The fourth-order valence-corrected chi connectivity index (χ4v) is 1.55. The highest BCUT2D eigenvalue weighted by atomic mass is 31.2. The Balaban J connectivity index is 3.59. The Morgan fingerprint density at radius 1 is 1.21 bits per heavy atom. The molecule has 86 valence electrons. The van der Waals surface area contributed by atoms with Gasteiger partial charge in [0.1, 0.15) is 0 Å². The Hall–Kier alpha value is 0.170. The molecule has 0 saturated heterocycles. The molecule has 6 heteroatoms. The summed E-state index contributed by atoms with van der Waals surface area (Å²) < 4.78 is 34.1. The maximum atomic E-state index is 11.5. The number of halogens is 2. The van der Waals surface area contributed by atoms with Gasteiger partial charge in [0.15, 0.2) is 0 Å². The third kappa shape index (κ3) is 6.60. The Morgan fingerprint density at radius 3 is 2.29 bits per heavy atom. The molecule has 0 aliphatic rings. The van der Waals surface area contributed by atoms with Crippen LogP contribution in [0.4, 0.5) is 9.05 Å². The molecule has 0 aromatic carbocycles. The lowest BCUT2D eigenvalue weighted by Crippen LogP contribution is -2.06. The molecule has 0 N–H and O–H groups in total. The molecule has 0 fully saturated rings. The van der Waals surface area contributed by atoms with E-state index in [1.807, 2.05) is 6.92 Å². The lowest BCUT2D eigenvalue weighted by Gasteiger charge is -2.14. The summed E-state index contributed by atoms with van der Waals surface area (Å²) >= 11 is 0. The lowest BCUT2D eigenvalue weighted by atomic mass is 10.0. The third-order valence-corrected chi connectivity index (χ3v) is 2.66. The van der Waals surface area contributed by atoms with Gasteiger partial charge in [-0.25, -0.2) is 0 Å². The molecule has 0 amide bonds. The molecule has 1 atom stereocenters. The van der Waals surface area contributed by atoms with Crippen LogP contribution in [-0.2, 0) is 14.0 Å². The Kier molecular flexibility index (Phi) is 9.83. The molecule has 14 heavy (non-hydrogen) atoms. The second-order valence-electron chi connectivity index (χ2n) is 3.07. The van der Waals surface area contributed by atoms with Gasteiger partial charge in [0, 0.05) is 0 Å². The number of unbranched alkanes of at least 4 members (excludes halogenated alkanes) is 1. The van der Waals surface area contributed by atoms with E-state index in [-0.39, 0.29) is 6.61 Å². The van der Waals surface area contributed by atoms with Crippen LogP contribution in [0.1, 0.15) is 39.5 Å². The molecule has 3 nitrogen and oxygen atoms in total. The quantitative estimate of drug-likeness (QED) is 0.554. The van der Waals surface area contributed by atoms with E-state index in [2.05, 4.69) is 16.4 Å². The Bertz CT molecular complexity index is 125. The van der Waals surface area contributed by atoms with Crippen molar-refractivity contribution in [3.8, 4) is 0 Å². The van der Waals surface area contributed by atoms with Crippen LogP contribution in [-0.4, -0.2) is 6.61 Å². The molecule has 0 heterocycles. The first kappa shape index (κ1) is 14.2. The van der Waals surface area contributed by atoms with Crippen molar-refractivity contribution in [2.75, 3.05) is 6.61 Å². The van der Waals surface area contributed by atoms with Crippen molar-refractivity contribution >= 4 is 8.60 Å². The Labute approximate surface area is 84.5 Å². The highest BCUT2D eigenvalue weighted by Gasteiger charge is 2.16. The summed E-state index contributed by atoms with van der Waals surface area (Å²) in [5.74, 6) is 0.310. The van der Waals surface area contributed by atoms with Crippen molar-refractivity contribution in [3.63, 3.8) is 0 Å². The highest BCUT2D eigenvalue weighted by Crippen LogP contribution is 2.41. The highest BCUT2D eigenvalue weighted by molar-refractivity contribution is 7.41. The molecule has 0 radical (unpaired) electrons. The molecule has 1 unspecified atom stereocenters. The molecule has 0 rings (SSSR count). The molecule has 0 aliphatic heterocycles. The molecule has 0 aromatic heterocycles. The molecule has 0 aliphatic carbocycles. The smallest absolute Gasteiger partial charge is 0.308 e. The van der Waals surface area contributed by atoms with E-state index >= 15 is 0 Å². The summed E-state index contributed by atoms with van der Waals surface area (Å²) in [7, 11) is -2.44. The zero-order valence-electron chi connectivity index (χ0n) is 8.54. The van der Waals surface area contributed by atoms with Gasteiger partial charge in [-0.05, 0) is 21.4 Å². The molecule has 0 spiro atoms. The Morgan fingerprint density at radius 2 is 1.86 bits per heavy atom. The van der Waals surface area contributed by atoms with Crippen LogP contribution in [0.25, 0.3) is 0 Å². The fourth-order valence-electron chi connectivity index (χ4n) is 1.11. The van der Waals surface area contributed by atoms with Gasteiger partial charge in [-0.3, -0.25) is 0 Å². The van der Waals surface area contributed by atoms with E-state index in [0.29, 0.717) is 5.92 Å². The van der Waals surface area contributed by atoms with Crippen molar-refractivity contribution in [2.24, 2.45) is 5.92 Å². The summed E-state index contributed by atoms with van der Waals surface area (Å²) in [6, 6.07) is 0. The van der Waals surface area contributed by atoms with E-state index in [4.69, 9.17) is 4.52 Å². The minimum atomic E-state index is -2.44. The van der Waals surface area contributed by atoms with Crippen LogP contribution in [0.3, 0.4) is 0 Å². The monoisotopic (exact) mass is 230 g/mol. The normalized spacial score (nSPS) is 13.5. The molecular weight excluding hydrogens is 213 g/mol. The molecule has 0 saturated carbocycles. The predicted molar refractivity (Wildman–Crippen MR) is 50.6 cm³/mol. The summed E-state index contributed by atoms with van der Waals surface area (Å²) in [6.45, 7) is 4.38. The van der Waals surface area contributed by atoms with Crippen molar-refractivity contribution in [1.29, 1.82) is 0 Å². The largest absolute Gasteiger partial charge is 0.403 e. The lowest BCUT2D eigenvalue weighted by molar-refractivity contribution is -0.0974. The third-order valence-electron chi connectivity index (χ3n) is 2.07. The minimum absolute atomic E-state index is 0.274. The van der Waals surface area contributed by atoms with Crippen LogP contribution in [0.5, 0.6) is 0 Å². The van der Waals surface area contributed by atoms with Crippen LogP contribution in [0.15, 0.2) is 0 Å². The van der Waals surface area contributed by atoms with Crippen molar-refractivity contribution < 1.29 is 23.0 Å². The first-order valence-corrected chi connectivity index (χ1v) is 5.88. The van der Waals surface area contributed by atoms with Gasteiger partial charge in [-0.1, -0.05) is 33.1 Å². The van der Waals surface area contributed by atoms with Crippen molar-refractivity contribution in [3.05, 3.63) is 0 Å². The molecule has 0 bridgehead atoms. The average Bonchev–Trinajstić information content (AvgIpc) is 2.23. The first-order valence-electron chi connectivity index (χ1n) is 4.78. The summed E-state index contributed by atoms with van der Waals surface area (Å²) in [6.07, 6.45) is 4.10. The van der Waals surface area contributed by atoms with E-state index < -0.39 is 8.60 Å². The topological polar surface area (TPSA) is 27.7 Å². The van der Waals surface area contributed by atoms with Crippen LogP contribution in [0, 0.1) is 5.92 Å². The summed E-state index contributed by atoms with van der Waals surface area (Å²) in [4.78, 5) is 0. The van der Waals surface area contributed by atoms with Gasteiger partial charge < -0.3 is 4.52 Å².